The summed E-state index contributed by atoms with van der Waals surface area (Å²) < 4.78 is 13.2. The van der Waals surface area contributed by atoms with Gasteiger partial charge < -0.3 is 5.32 Å². The molecule has 3 heteroatoms. The van der Waals surface area contributed by atoms with E-state index >= 15 is 0 Å². The summed E-state index contributed by atoms with van der Waals surface area (Å²) in [6.45, 7) is 2.99. The number of hydrogen-bond acceptors (Lipinski definition) is 2. The van der Waals surface area contributed by atoms with Crippen molar-refractivity contribution in [2.75, 3.05) is 18.4 Å². The zero-order chi connectivity index (χ0) is 18.2. The summed E-state index contributed by atoms with van der Waals surface area (Å²) >= 11 is 0. The van der Waals surface area contributed by atoms with E-state index in [-0.39, 0.29) is 5.82 Å². The van der Waals surface area contributed by atoms with Gasteiger partial charge in [-0.2, -0.15) is 0 Å². The van der Waals surface area contributed by atoms with E-state index in [1.165, 1.54) is 34.4 Å². The van der Waals surface area contributed by atoms with Crippen molar-refractivity contribution in [1.29, 1.82) is 0 Å². The Labute approximate surface area is 159 Å². The number of anilines is 1. The molecule has 2 aliphatic heterocycles. The van der Waals surface area contributed by atoms with Gasteiger partial charge in [-0.25, -0.2) is 4.39 Å². The number of benzene rings is 3. The maximum absolute atomic E-state index is 13.2. The van der Waals surface area contributed by atoms with E-state index in [2.05, 4.69) is 58.7 Å². The Morgan fingerprint density at radius 2 is 1.74 bits per heavy atom. The van der Waals surface area contributed by atoms with Crippen LogP contribution >= 0.6 is 0 Å². The van der Waals surface area contributed by atoms with Crippen LogP contribution in [-0.2, 0) is 6.54 Å². The third kappa shape index (κ3) is 3.13. The number of nitrogens with zero attached hydrogens (tertiary/aromatic N) is 1. The molecular formula is C24H23FN2. The molecule has 0 aliphatic carbocycles. The van der Waals surface area contributed by atoms with Gasteiger partial charge in [0.05, 0.1) is 0 Å². The lowest BCUT2D eigenvalue weighted by atomic mass is 9.87. The normalized spacial score (nSPS) is 21.4. The van der Waals surface area contributed by atoms with Crippen molar-refractivity contribution in [2.24, 2.45) is 5.92 Å². The minimum absolute atomic E-state index is 0.169. The zero-order valence-electron chi connectivity index (χ0n) is 15.2. The lowest BCUT2D eigenvalue weighted by molar-refractivity contribution is 0.220. The number of rotatable bonds is 3. The molecule has 1 saturated heterocycles. The first-order valence-electron chi connectivity index (χ1n) is 9.70. The standard InChI is InChI=1S/C24H23FN2/c25-21-9-6-17(7-10-21)16-27-13-12-20-15-26-23-11-8-19(14-22(23)24(20)27)18-4-2-1-3-5-18/h1-11,14,20,24,26H,12-13,15-16H2. The van der Waals surface area contributed by atoms with E-state index in [4.69, 9.17) is 0 Å². The third-order valence-corrected chi connectivity index (χ3v) is 5.96. The third-order valence-electron chi connectivity index (χ3n) is 5.96. The molecule has 1 N–H and O–H groups in total. The average Bonchev–Trinajstić information content (AvgIpc) is 3.13. The molecule has 27 heavy (non-hydrogen) atoms. The van der Waals surface area contributed by atoms with Gasteiger partial charge in [0.25, 0.3) is 0 Å². The van der Waals surface area contributed by atoms with Gasteiger partial charge in [0, 0.05) is 24.8 Å². The second-order valence-electron chi connectivity index (χ2n) is 7.64. The minimum Gasteiger partial charge on any atom is -0.384 e. The van der Waals surface area contributed by atoms with Gasteiger partial charge in [-0.1, -0.05) is 48.5 Å². The molecule has 0 aromatic heterocycles. The van der Waals surface area contributed by atoms with E-state index in [1.54, 1.807) is 12.1 Å². The molecule has 3 aromatic rings. The van der Waals surface area contributed by atoms with Crippen molar-refractivity contribution in [3.63, 3.8) is 0 Å². The summed E-state index contributed by atoms with van der Waals surface area (Å²) in [6, 6.07) is 24.7. The minimum atomic E-state index is -0.169. The summed E-state index contributed by atoms with van der Waals surface area (Å²) in [5, 5.41) is 3.63. The highest BCUT2D eigenvalue weighted by molar-refractivity contribution is 5.70. The van der Waals surface area contributed by atoms with Gasteiger partial charge in [0.2, 0.25) is 0 Å². The molecule has 2 nitrogen and oxygen atoms in total. The Bertz CT molecular complexity index is 936. The zero-order valence-corrected chi connectivity index (χ0v) is 15.2. The topological polar surface area (TPSA) is 15.3 Å². The van der Waals surface area contributed by atoms with Crippen LogP contribution in [0.25, 0.3) is 11.1 Å². The van der Waals surface area contributed by atoms with Crippen LogP contribution in [0, 0.1) is 11.7 Å². The Hall–Kier alpha value is -2.65. The van der Waals surface area contributed by atoms with E-state index in [1.807, 2.05) is 12.1 Å². The molecule has 0 bridgehead atoms. The maximum Gasteiger partial charge on any atom is 0.123 e. The van der Waals surface area contributed by atoms with Crippen molar-refractivity contribution in [3.8, 4) is 11.1 Å². The molecule has 1 fully saturated rings. The van der Waals surface area contributed by atoms with Crippen LogP contribution < -0.4 is 5.32 Å². The quantitative estimate of drug-likeness (QED) is 0.667. The summed E-state index contributed by atoms with van der Waals surface area (Å²) in [4.78, 5) is 2.56. The number of hydrogen-bond donors (Lipinski definition) is 1. The van der Waals surface area contributed by atoms with Crippen LogP contribution in [0.1, 0.15) is 23.6 Å². The highest BCUT2D eigenvalue weighted by Gasteiger charge is 2.38. The van der Waals surface area contributed by atoms with E-state index in [9.17, 15) is 4.39 Å². The highest BCUT2D eigenvalue weighted by atomic mass is 19.1. The van der Waals surface area contributed by atoms with Crippen molar-refractivity contribution in [3.05, 3.63) is 89.7 Å². The summed E-state index contributed by atoms with van der Waals surface area (Å²) in [7, 11) is 0. The Kier molecular flexibility index (Phi) is 4.17. The fraction of sp³-hybridized carbons (Fsp3) is 0.250. The Morgan fingerprint density at radius 1 is 0.926 bits per heavy atom. The van der Waals surface area contributed by atoms with Crippen molar-refractivity contribution < 1.29 is 4.39 Å². The second kappa shape index (κ2) is 6.82. The smallest absolute Gasteiger partial charge is 0.123 e. The van der Waals surface area contributed by atoms with Crippen LogP contribution in [-0.4, -0.2) is 18.0 Å². The molecule has 0 saturated carbocycles. The molecule has 0 radical (unpaired) electrons. The Balaban J connectivity index is 1.49. The maximum atomic E-state index is 13.2. The van der Waals surface area contributed by atoms with E-state index in [0.29, 0.717) is 12.0 Å². The number of likely N-dealkylation sites (tertiary alicyclic amines) is 1. The molecule has 0 amide bonds. The van der Waals surface area contributed by atoms with Crippen molar-refractivity contribution >= 4 is 5.69 Å². The predicted octanol–water partition coefficient (Wildman–Crippen LogP) is 5.48. The fourth-order valence-corrected chi connectivity index (χ4v) is 4.61. The van der Waals surface area contributed by atoms with Crippen LogP contribution in [0.15, 0.2) is 72.8 Å². The van der Waals surface area contributed by atoms with Crippen molar-refractivity contribution in [1.82, 2.24) is 4.90 Å². The lowest BCUT2D eigenvalue weighted by Crippen LogP contribution is -2.32. The first kappa shape index (κ1) is 16.5. The monoisotopic (exact) mass is 358 g/mol. The average molecular weight is 358 g/mol. The lowest BCUT2D eigenvalue weighted by Gasteiger charge is -2.35. The molecule has 136 valence electrons. The summed E-state index contributed by atoms with van der Waals surface area (Å²) in [6.07, 6.45) is 1.20. The molecule has 2 heterocycles. The fourth-order valence-electron chi connectivity index (χ4n) is 4.61. The molecule has 2 atom stereocenters. The van der Waals surface area contributed by atoms with Crippen LogP contribution in [0.5, 0.6) is 0 Å². The molecule has 3 aromatic carbocycles. The van der Waals surface area contributed by atoms with Gasteiger partial charge in [-0.05, 0) is 65.4 Å². The van der Waals surface area contributed by atoms with Gasteiger partial charge >= 0.3 is 0 Å². The van der Waals surface area contributed by atoms with Crippen molar-refractivity contribution in [2.45, 2.75) is 19.0 Å². The van der Waals surface area contributed by atoms with Gasteiger partial charge in [-0.3, -0.25) is 4.90 Å². The predicted molar refractivity (Wildman–Crippen MR) is 108 cm³/mol. The first-order chi connectivity index (χ1) is 13.3. The molecular weight excluding hydrogens is 335 g/mol. The SMILES string of the molecule is Fc1ccc(CN2CCC3CNc4ccc(-c5ccccc5)cc4C32)cc1. The number of nitrogens with one attached hydrogen (secondary N) is 1. The van der Waals surface area contributed by atoms with Crippen LogP contribution in [0.4, 0.5) is 10.1 Å². The summed E-state index contributed by atoms with van der Waals surface area (Å²) in [5.74, 6) is 0.460. The van der Waals surface area contributed by atoms with Crippen LogP contribution in [0.3, 0.4) is 0 Å². The van der Waals surface area contributed by atoms with Gasteiger partial charge in [0.15, 0.2) is 0 Å². The largest absolute Gasteiger partial charge is 0.384 e. The Morgan fingerprint density at radius 3 is 2.56 bits per heavy atom. The highest BCUT2D eigenvalue weighted by Crippen LogP contribution is 2.45. The van der Waals surface area contributed by atoms with Crippen LogP contribution in [0.2, 0.25) is 0 Å². The van der Waals surface area contributed by atoms with E-state index in [0.717, 1.165) is 19.6 Å². The molecule has 5 rings (SSSR count). The number of fused-ring (bicyclic) bond motifs is 3. The van der Waals surface area contributed by atoms with Gasteiger partial charge in [0.1, 0.15) is 5.82 Å². The second-order valence-corrected chi connectivity index (χ2v) is 7.64. The number of halogens is 1. The first-order valence-corrected chi connectivity index (χ1v) is 9.70. The van der Waals surface area contributed by atoms with E-state index < -0.39 is 0 Å². The molecule has 2 aliphatic rings. The summed E-state index contributed by atoms with van der Waals surface area (Å²) in [5.41, 5.74) is 6.35. The molecule has 2 unspecified atom stereocenters. The molecule has 0 spiro atoms. The van der Waals surface area contributed by atoms with Gasteiger partial charge in [-0.15, -0.1) is 0 Å².